The van der Waals surface area contributed by atoms with Gasteiger partial charge in [-0.05, 0) is 134 Å². The molecule has 0 aliphatic carbocycles. The zero-order valence-electron chi connectivity index (χ0n) is 48.9. The molecule has 4 N–H and O–H groups in total. The first kappa shape index (κ1) is 63.6. The number of nitrogens with two attached hydrogens (primary N) is 2. The van der Waals surface area contributed by atoms with E-state index in [1.54, 1.807) is 42.7 Å². The van der Waals surface area contributed by atoms with Crippen LogP contribution in [0.1, 0.15) is 69.5 Å². The van der Waals surface area contributed by atoms with Gasteiger partial charge in [-0.3, -0.25) is 0 Å². The monoisotopic (exact) mass is 1240 g/mol. The molecule has 0 amide bonds. The number of aromatic nitrogens is 2. The number of benzene rings is 6. The fourth-order valence-electron chi connectivity index (χ4n) is 10.3. The molecule has 0 saturated carbocycles. The molecule has 15 heteroatoms. The summed E-state index contributed by atoms with van der Waals surface area (Å²) in [6.07, 6.45) is 0. The van der Waals surface area contributed by atoms with Crippen LogP contribution in [-0.2, 0) is 20.7 Å². The SMILES string of the molecule is COc1cc(P(c2cc(C)cc(C)c2)c2cc(C)cc(C)c2)c(-c2c(P(c3cc(C)cc(C)c3)c3cc(C)cc(C)c3)cc(OC)nc2OC)c(OC)n1.COc1ccc(C(N)(c2ccc(OC)cc2)C(N)C(C)C)cc1.[Cl][Ru][Cl]. The van der Waals surface area contributed by atoms with Gasteiger partial charge in [0.1, 0.15) is 11.5 Å². The average molecular weight is 1240 g/mol. The van der Waals surface area contributed by atoms with Gasteiger partial charge in [0.2, 0.25) is 23.5 Å². The van der Waals surface area contributed by atoms with Crippen molar-refractivity contribution >= 4 is 67.1 Å². The fraction of sp³-hybridized carbons (Fsp3) is 0.292. The van der Waals surface area contributed by atoms with E-state index < -0.39 is 21.4 Å². The molecule has 1 atom stereocenters. The number of nitrogens with zero attached hydrogens (tertiary/aromatic N) is 2. The Morgan fingerprint density at radius 1 is 0.425 bits per heavy atom. The first-order valence-corrected chi connectivity index (χ1v) is 33.2. The number of hydrogen-bond acceptors (Lipinski definition) is 10. The zero-order chi connectivity index (χ0) is 58.6. The van der Waals surface area contributed by atoms with Crippen LogP contribution >= 0.6 is 35.2 Å². The van der Waals surface area contributed by atoms with Gasteiger partial charge >= 0.3 is 34.5 Å². The maximum absolute atomic E-state index is 6.86. The van der Waals surface area contributed by atoms with Crippen LogP contribution < -0.4 is 71.7 Å². The van der Waals surface area contributed by atoms with Crippen molar-refractivity contribution in [1.29, 1.82) is 0 Å². The van der Waals surface area contributed by atoms with Gasteiger partial charge in [0.25, 0.3) is 0 Å². The molecule has 0 spiro atoms. The molecule has 0 saturated heterocycles. The number of rotatable bonds is 17. The molecule has 424 valence electrons. The first-order valence-electron chi connectivity index (χ1n) is 26.1. The van der Waals surface area contributed by atoms with Crippen molar-refractivity contribution in [3.8, 4) is 46.1 Å². The zero-order valence-corrected chi connectivity index (χ0v) is 53.9. The molecule has 8 rings (SSSR count). The van der Waals surface area contributed by atoms with Crippen molar-refractivity contribution in [1.82, 2.24) is 9.97 Å². The first-order chi connectivity index (χ1) is 38.2. The van der Waals surface area contributed by atoms with Gasteiger partial charge in [-0.1, -0.05) is 155 Å². The number of hydrogen-bond donors (Lipinski definition) is 2. The molecule has 2 heterocycles. The van der Waals surface area contributed by atoms with E-state index in [0.717, 1.165) is 44.4 Å². The van der Waals surface area contributed by atoms with Crippen LogP contribution in [0.15, 0.2) is 133 Å². The molecule has 8 aromatic rings. The summed E-state index contributed by atoms with van der Waals surface area (Å²) in [7, 11) is 17.3. The second-order valence-electron chi connectivity index (χ2n) is 20.3. The Balaban J connectivity index is 0.000000330. The third kappa shape index (κ3) is 15.1. The molecular weight excluding hydrogens is 1170 g/mol. The van der Waals surface area contributed by atoms with Crippen molar-refractivity contribution < 1.29 is 43.6 Å². The van der Waals surface area contributed by atoms with Gasteiger partial charge in [-0.2, -0.15) is 9.97 Å². The van der Waals surface area contributed by atoms with Gasteiger partial charge in [-0.15, -0.1) is 0 Å². The Morgan fingerprint density at radius 3 is 0.900 bits per heavy atom. The molecule has 1 unspecified atom stereocenters. The molecule has 80 heavy (non-hydrogen) atoms. The molecule has 0 radical (unpaired) electrons. The molecule has 0 bridgehead atoms. The van der Waals surface area contributed by atoms with Crippen molar-refractivity contribution in [2.24, 2.45) is 17.4 Å². The van der Waals surface area contributed by atoms with Crippen LogP contribution in [-0.4, -0.2) is 58.7 Å². The predicted octanol–water partition coefficient (Wildman–Crippen LogP) is 12.4. The number of methoxy groups -OCH3 is 6. The van der Waals surface area contributed by atoms with Crippen molar-refractivity contribution in [3.05, 3.63) is 189 Å². The molecule has 2 aromatic heterocycles. The van der Waals surface area contributed by atoms with Gasteiger partial charge in [-0.25, -0.2) is 0 Å². The fourth-order valence-corrected chi connectivity index (χ4v) is 16.0. The van der Waals surface area contributed by atoms with E-state index >= 15 is 0 Å². The molecular formula is C65H76Cl2N4O6P2Ru. The standard InChI is InChI=1S/C46H50N2O4P2.C19H26N2O2.2ClH.Ru/c1-27-13-28(2)18-35(17-27)53(36-19-29(3)14-30(4)20-36)39-25-41(49-9)47-45(51-11)43(39)44-40(26-42(50-10)48-46(44)52-12)54(37-21-31(5)15-32(6)22-37)38-23-33(7)16-34(8)24-38;1-13(2)18(20)19(21,14-5-9-16(22-3)10-6-14)15-7-11-17(23-4)12-8-15;;;/h13-26H,1-12H3;5-13,18H,20-21H2,1-4H3;2*1H;/q;;;;+2/p-2. The second kappa shape index (κ2) is 28.9. The third-order valence-corrected chi connectivity index (χ3v) is 18.4. The third-order valence-electron chi connectivity index (χ3n) is 13.7. The van der Waals surface area contributed by atoms with E-state index in [4.69, 9.17) is 69.2 Å². The summed E-state index contributed by atoms with van der Waals surface area (Å²) in [5.41, 5.74) is 25.8. The van der Waals surface area contributed by atoms with E-state index in [0.29, 0.717) is 23.5 Å². The summed E-state index contributed by atoms with van der Waals surface area (Å²) in [6, 6.07) is 46.8. The summed E-state index contributed by atoms with van der Waals surface area (Å²) >= 11 is -0.346. The minimum atomic E-state index is -1.20. The Hall–Kier alpha value is -5.60. The van der Waals surface area contributed by atoms with Crippen molar-refractivity contribution in [2.75, 3.05) is 42.7 Å². The van der Waals surface area contributed by atoms with Gasteiger partial charge < -0.3 is 39.9 Å². The van der Waals surface area contributed by atoms with Crippen molar-refractivity contribution in [2.45, 2.75) is 80.8 Å². The summed E-state index contributed by atoms with van der Waals surface area (Å²) in [4.78, 5) is 9.93. The second-order valence-corrected chi connectivity index (χ2v) is 27.3. The summed E-state index contributed by atoms with van der Waals surface area (Å²) in [5.74, 6) is 3.64. The van der Waals surface area contributed by atoms with Crippen LogP contribution in [0.2, 0.25) is 0 Å². The van der Waals surface area contributed by atoms with E-state index in [2.05, 4.69) is 154 Å². The number of ether oxygens (including phenoxy) is 6. The number of pyridine rings is 2. The Kier molecular flexibility index (Phi) is 23.0. The maximum atomic E-state index is 6.86. The molecule has 6 aromatic carbocycles. The van der Waals surface area contributed by atoms with Crippen LogP contribution in [0.3, 0.4) is 0 Å². The van der Waals surface area contributed by atoms with E-state index in [9.17, 15) is 0 Å². The molecule has 0 aliphatic rings. The normalized spacial score (nSPS) is 11.6. The molecule has 0 aliphatic heterocycles. The Labute approximate surface area is 493 Å². The topological polar surface area (TPSA) is 133 Å². The quantitative estimate of drug-likeness (QED) is 0.0671. The number of halogens is 2. The molecule has 0 fully saturated rings. The Morgan fingerprint density at radius 2 is 0.688 bits per heavy atom. The molecule has 10 nitrogen and oxygen atoms in total. The van der Waals surface area contributed by atoms with Crippen molar-refractivity contribution in [3.63, 3.8) is 0 Å². The van der Waals surface area contributed by atoms with E-state index in [-0.39, 0.29) is 27.1 Å². The van der Waals surface area contributed by atoms with Crippen LogP contribution in [0.25, 0.3) is 11.1 Å². The Bertz CT molecular complexity index is 2990. The summed E-state index contributed by atoms with van der Waals surface area (Å²) in [6.45, 7) is 21.5. The summed E-state index contributed by atoms with van der Waals surface area (Å²) < 4.78 is 34.9. The van der Waals surface area contributed by atoms with Crippen LogP contribution in [0.4, 0.5) is 0 Å². The van der Waals surface area contributed by atoms with Gasteiger partial charge in [0.15, 0.2) is 0 Å². The van der Waals surface area contributed by atoms with Gasteiger partial charge in [0.05, 0.1) is 59.3 Å². The van der Waals surface area contributed by atoms with E-state index in [1.807, 2.05) is 48.5 Å². The average Bonchev–Trinajstić information content (AvgIpc) is 3.48. The minimum absolute atomic E-state index is 0.226. The number of aryl methyl sites for hydroxylation is 8. The van der Waals surface area contributed by atoms with Crippen LogP contribution in [0, 0.1) is 61.3 Å². The van der Waals surface area contributed by atoms with E-state index in [1.165, 1.54) is 65.7 Å². The van der Waals surface area contributed by atoms with Gasteiger partial charge in [0, 0.05) is 28.8 Å². The summed E-state index contributed by atoms with van der Waals surface area (Å²) in [5, 5.41) is 6.94. The van der Waals surface area contributed by atoms with Crippen LogP contribution in [0.5, 0.6) is 35.0 Å². The predicted molar refractivity (Wildman–Crippen MR) is 334 cm³/mol.